The molecule has 1 unspecified atom stereocenters. The second kappa shape index (κ2) is 48.6. The van der Waals surface area contributed by atoms with Crippen molar-refractivity contribution in [1.82, 2.24) is 20.0 Å². The van der Waals surface area contributed by atoms with Crippen LogP contribution in [-0.4, -0.2) is 242 Å². The van der Waals surface area contributed by atoms with Crippen molar-refractivity contribution in [3.63, 3.8) is 0 Å². The lowest BCUT2D eigenvalue weighted by Gasteiger charge is -2.37. The van der Waals surface area contributed by atoms with Crippen LogP contribution in [0.5, 0.6) is 0 Å². The third kappa shape index (κ3) is 27.5. The molecule has 7 saturated heterocycles. The van der Waals surface area contributed by atoms with E-state index in [0.29, 0.717) is 148 Å². The molecule has 7 heterocycles. The number of piperidine rings is 3. The molecule has 0 saturated carbocycles. The predicted molar refractivity (Wildman–Crippen MR) is 593 cm³/mol. The highest BCUT2D eigenvalue weighted by Crippen LogP contribution is 2.40. The Morgan fingerprint density at radius 2 is 0.687 bits per heavy atom. The first-order valence-corrected chi connectivity index (χ1v) is 59.1. The fraction of sp³-hybridized carbons (Fsp3) is 0.409. The molecule has 794 valence electrons. The molecule has 10 aromatic carbocycles. The number of ether oxygens (including phenoxy) is 1. The Kier molecular flexibility index (Phi) is 36.4. The van der Waals surface area contributed by atoms with Crippen molar-refractivity contribution in [3.05, 3.63) is 283 Å². The van der Waals surface area contributed by atoms with Crippen LogP contribution in [0.4, 0.5) is 67.9 Å². The molecule has 0 radical (unpaired) electrons. The van der Waals surface area contributed by atoms with Crippen LogP contribution in [0.2, 0.25) is 0 Å². The van der Waals surface area contributed by atoms with E-state index in [-0.39, 0.29) is 43.3 Å². The Hall–Kier alpha value is -13.5. The SMILES string of the molecule is C=S(C)(=O)c1c(F)cccc1N1CCN(C(=O)c2cc(NC3CCN(c4ccccc4C#N)CC3)c(C)cc2C)CC1.CC(C)(C)OC(=O)N=[S@](C)(=O)c1c(F)cccc1N1CCNCC1.Cc1cc(C)c(C(=O)N2CCN(c3cccc(F)c3[S@@](C)(=N)=O)CC2)cc1CC1CCN(c2ccccc2C#N)CC1.Cc1cc(C)c(C(=O)N2CCN(c3cccc(F)c3[S@](C)(=N)=O)CC2)cc1CC1CCN(c2ccccc2C#N)CC1. The normalized spacial score (nSPS) is 17.6. The smallest absolute Gasteiger partial charge is 0.442 e. The van der Waals surface area contributed by atoms with E-state index in [0.717, 1.165) is 160 Å². The van der Waals surface area contributed by atoms with Gasteiger partial charge in [-0.05, 0) is 289 Å². The maximum absolute atomic E-state index is 14.6. The maximum atomic E-state index is 14.6. The van der Waals surface area contributed by atoms with Crippen LogP contribution in [0.3, 0.4) is 0 Å². The number of hydrogen-bond donors (Lipinski definition) is 4. The third-order valence-corrected chi connectivity index (χ3v) is 34.3. The Bertz CT molecular complexity index is 6730. The Morgan fingerprint density at radius 1 is 0.393 bits per heavy atom. The molecule has 0 aliphatic carbocycles. The molecule has 0 spiro atoms. The zero-order valence-corrected chi connectivity index (χ0v) is 91.3. The van der Waals surface area contributed by atoms with Crippen molar-refractivity contribution in [2.75, 3.05) is 209 Å². The minimum absolute atomic E-state index is 0.00410. The molecule has 7 aliphatic heterocycles. The summed E-state index contributed by atoms with van der Waals surface area (Å²) in [7, 11) is -12.5. The summed E-state index contributed by atoms with van der Waals surface area (Å²) in [4.78, 5) is 73.2. The number of anilines is 8. The Morgan fingerprint density at radius 3 is 1.03 bits per heavy atom. The van der Waals surface area contributed by atoms with Gasteiger partial charge in [-0.1, -0.05) is 78.9 Å². The average molecular weight is 2120 g/mol. The number of rotatable bonds is 20. The molecule has 17 rings (SSSR count). The van der Waals surface area contributed by atoms with E-state index in [9.17, 15) is 69.4 Å². The molecular weight excluding hydrogens is 1980 g/mol. The van der Waals surface area contributed by atoms with Gasteiger partial charge < -0.3 is 64.4 Å². The highest BCUT2D eigenvalue weighted by atomic mass is 32.2. The van der Waals surface area contributed by atoms with Crippen molar-refractivity contribution in [2.24, 2.45) is 16.2 Å². The molecule has 0 aromatic heterocycles. The van der Waals surface area contributed by atoms with Crippen molar-refractivity contribution in [2.45, 2.75) is 145 Å². The van der Waals surface area contributed by atoms with Crippen LogP contribution in [0.25, 0.3) is 0 Å². The first kappa shape index (κ1) is 112. The minimum atomic E-state index is -3.28. The molecule has 27 nitrogen and oxygen atoms in total. The molecule has 7 fully saturated rings. The Labute approximate surface area is 882 Å². The van der Waals surface area contributed by atoms with Crippen molar-refractivity contribution < 1.29 is 58.3 Å². The van der Waals surface area contributed by atoms with E-state index >= 15 is 0 Å². The zero-order valence-electron chi connectivity index (χ0n) is 88.1. The highest BCUT2D eigenvalue weighted by molar-refractivity contribution is 7.99. The van der Waals surface area contributed by atoms with Gasteiger partial charge in [0.25, 0.3) is 17.7 Å². The van der Waals surface area contributed by atoms with Crippen LogP contribution < -0.4 is 44.9 Å². The van der Waals surface area contributed by atoms with Crippen molar-refractivity contribution >= 4 is 114 Å². The number of amides is 4. The second-order valence-corrected chi connectivity index (χ2v) is 50.0. The summed E-state index contributed by atoms with van der Waals surface area (Å²) in [5.41, 5.74) is 18.3. The van der Waals surface area contributed by atoms with Gasteiger partial charge in [-0.3, -0.25) is 18.6 Å². The summed E-state index contributed by atoms with van der Waals surface area (Å²) in [6.07, 6.45) is 12.1. The number of halogens is 4. The van der Waals surface area contributed by atoms with E-state index < -0.39 is 73.7 Å². The molecule has 150 heavy (non-hydrogen) atoms. The topological polar surface area (TPSA) is 334 Å². The minimum Gasteiger partial charge on any atom is -0.442 e. The van der Waals surface area contributed by atoms with Gasteiger partial charge in [0.1, 0.15) is 61.8 Å². The van der Waals surface area contributed by atoms with Gasteiger partial charge in [0.2, 0.25) is 0 Å². The van der Waals surface area contributed by atoms with Crippen LogP contribution in [-0.2, 0) is 56.3 Å². The van der Waals surface area contributed by atoms with Gasteiger partial charge >= 0.3 is 6.09 Å². The van der Waals surface area contributed by atoms with Crippen LogP contribution in [0.15, 0.2) is 206 Å². The van der Waals surface area contributed by atoms with Crippen molar-refractivity contribution in [1.29, 1.82) is 25.3 Å². The van der Waals surface area contributed by atoms with Gasteiger partial charge in [-0.25, -0.2) is 44.5 Å². The standard InChI is InChI=1S/3C33H38FN5O2S.C16H24FN3O3S/c1-23-20-24(2)29(36-26-12-14-37(15-13-26)30-10-6-5-8-25(30)22-35)21-27(23)33(40)39-18-16-38(17-19-39)31-11-7-9-28(34)32(31)42(3,4)41;2*1-23-19-24(2)28(21-27(23)20-25-11-13-37(14-12-25)30-9-5-4-7-26(30)22-35)33(40)39-17-15-38(16-18-39)31-10-6-8-29(34)32(31)42(3,36)41;1-16(2,3)23-15(21)19-24(4,22)14-12(17)6-5-7-13(14)20-10-8-18-9-11-20/h5-11,20-21,26,36H,3,12-19H2,1-2,4H3;2*4-10,19,21,25,36H,11-18,20H2,1-3H3;5-7,18H,8-11H2,1-4H3/t;2*42-;24-/m.101/s1. The lowest BCUT2D eigenvalue weighted by molar-refractivity contribution is 0.0605. The monoisotopic (exact) mass is 2120 g/mol. The van der Waals surface area contributed by atoms with Gasteiger partial charge in [0, 0.05) is 197 Å². The number of carbonyl (C=O) groups is 4. The Balaban J connectivity index is 0.000000160. The summed E-state index contributed by atoms with van der Waals surface area (Å²) < 4.78 is 134. The fourth-order valence-electron chi connectivity index (χ4n) is 21.2. The summed E-state index contributed by atoms with van der Waals surface area (Å²) in [6, 6.07) is 61.1. The predicted octanol–water partition coefficient (Wildman–Crippen LogP) is 19.2. The van der Waals surface area contributed by atoms with Gasteiger partial charge in [-0.15, -0.1) is 4.36 Å². The third-order valence-electron chi connectivity index (χ3n) is 29.0. The van der Waals surface area contributed by atoms with Crippen molar-refractivity contribution in [3.8, 4) is 18.2 Å². The molecule has 4 atom stereocenters. The van der Waals surface area contributed by atoms with E-state index in [1.54, 1.807) is 69.3 Å². The zero-order chi connectivity index (χ0) is 108. The number of nitriles is 3. The van der Waals surface area contributed by atoms with E-state index in [1.165, 1.54) is 71.5 Å². The average Bonchev–Trinajstić information content (AvgIpc) is 0.789. The molecule has 10 aromatic rings. The quantitative estimate of drug-likeness (QED) is 0.0407. The number of benzene rings is 10. The lowest BCUT2D eigenvalue weighted by atomic mass is 9.86. The number of nitrogens with one attached hydrogen (secondary N) is 4. The summed E-state index contributed by atoms with van der Waals surface area (Å²) in [6.45, 7) is 31.2. The first-order chi connectivity index (χ1) is 71.3. The van der Waals surface area contributed by atoms with E-state index in [4.69, 9.17) is 14.3 Å². The first-order valence-electron chi connectivity index (χ1n) is 51.1. The number of nitrogens with zero attached hydrogens (tertiary/aromatic N) is 14. The van der Waals surface area contributed by atoms with Gasteiger partial charge in [-0.2, -0.15) is 15.8 Å². The molecule has 0 bridgehead atoms. The lowest BCUT2D eigenvalue weighted by Crippen LogP contribution is -2.49. The number of para-hydroxylation sites is 3. The molecular formula is C115H138F4N18O9S4. The fourth-order valence-corrected chi connectivity index (χ4v) is 25.8. The maximum Gasteiger partial charge on any atom is 0.442 e. The number of piperazine rings is 4. The highest BCUT2D eigenvalue weighted by Gasteiger charge is 2.36. The number of carbonyl (C=O) groups excluding carboxylic acids is 4. The van der Waals surface area contributed by atoms with E-state index in [1.807, 2.05) is 134 Å². The van der Waals surface area contributed by atoms with Crippen LogP contribution >= 0.6 is 0 Å². The molecule has 7 aliphatic rings. The molecule has 4 amide bonds. The molecule has 35 heteroatoms. The summed E-state index contributed by atoms with van der Waals surface area (Å²) in [5.74, 6) is 2.29. The number of hydrogen-bond acceptors (Lipinski definition) is 23. The molecule has 4 N–H and O–H groups in total. The second-order valence-electron chi connectivity index (χ2n) is 41.2. The van der Waals surface area contributed by atoms with Crippen LogP contribution in [0, 0.1) is 120 Å². The van der Waals surface area contributed by atoms with Crippen LogP contribution in [0.1, 0.15) is 152 Å². The summed E-state index contributed by atoms with van der Waals surface area (Å²) >= 11 is 0. The van der Waals surface area contributed by atoms with Gasteiger partial charge in [0.15, 0.2) is 0 Å². The largest absolute Gasteiger partial charge is 0.442 e. The number of aryl methyl sites for hydroxylation is 6. The van der Waals surface area contributed by atoms with Gasteiger partial charge in [0.05, 0.1) is 90.6 Å². The van der Waals surface area contributed by atoms with E-state index in [2.05, 4.69) is 105 Å². The summed E-state index contributed by atoms with van der Waals surface area (Å²) in [5, 5.41) is 35.4.